The molecule has 1 amide bonds. The van der Waals surface area contributed by atoms with Crippen LogP contribution in [0.4, 0.5) is 0 Å². The lowest BCUT2D eigenvalue weighted by Crippen LogP contribution is -2.51. The zero-order valence-electron chi connectivity index (χ0n) is 12.3. The molecule has 0 radical (unpaired) electrons. The maximum atomic E-state index is 12.2. The number of carbonyl (C=O) groups excluding carboxylic acids is 1. The molecular weight excluding hydrogens is 288 g/mol. The number of amides is 1. The molecule has 1 saturated heterocycles. The highest BCUT2D eigenvalue weighted by Crippen LogP contribution is 2.14. The molecule has 0 saturated carbocycles. The molecule has 1 aliphatic heterocycles. The van der Waals surface area contributed by atoms with Gasteiger partial charge in [0.25, 0.3) is 5.91 Å². The molecule has 1 aromatic rings. The van der Waals surface area contributed by atoms with Crippen LogP contribution in [0.2, 0.25) is 0 Å². The third-order valence-corrected chi connectivity index (χ3v) is 3.56. The van der Waals surface area contributed by atoms with Crippen LogP contribution in [0.1, 0.15) is 30.1 Å². The van der Waals surface area contributed by atoms with Crippen LogP contribution in [-0.2, 0) is 0 Å². The predicted molar refractivity (Wildman–Crippen MR) is 87.3 cm³/mol. The summed E-state index contributed by atoms with van der Waals surface area (Å²) < 4.78 is 5.40. The minimum atomic E-state index is -0.0270. The van der Waals surface area contributed by atoms with E-state index in [0.29, 0.717) is 18.2 Å². The second-order valence-electron chi connectivity index (χ2n) is 5.09. The van der Waals surface area contributed by atoms with Crippen molar-refractivity contribution in [3.05, 3.63) is 42.5 Å². The first-order chi connectivity index (χ1) is 9.70. The normalized spacial score (nSPS) is 21.0. The summed E-state index contributed by atoms with van der Waals surface area (Å²) in [5.41, 5.74) is 0.661. The van der Waals surface area contributed by atoms with Crippen molar-refractivity contribution in [2.24, 2.45) is 0 Å². The molecule has 2 unspecified atom stereocenters. The lowest BCUT2D eigenvalue weighted by Gasteiger charge is -2.30. The number of benzene rings is 1. The number of rotatable bonds is 5. The molecule has 1 heterocycles. The van der Waals surface area contributed by atoms with E-state index in [1.165, 1.54) is 0 Å². The quantitative estimate of drug-likeness (QED) is 0.822. The van der Waals surface area contributed by atoms with E-state index in [-0.39, 0.29) is 24.4 Å². The zero-order chi connectivity index (χ0) is 14.4. The number of piperidine rings is 1. The Labute approximate surface area is 132 Å². The Morgan fingerprint density at radius 1 is 1.48 bits per heavy atom. The minimum absolute atomic E-state index is 0. The monoisotopic (exact) mass is 310 g/mol. The number of nitrogens with one attached hydrogen (secondary N) is 2. The fraction of sp³-hybridized carbons (Fsp3) is 0.438. The molecule has 1 fully saturated rings. The van der Waals surface area contributed by atoms with Gasteiger partial charge in [0.15, 0.2) is 0 Å². The first-order valence-electron chi connectivity index (χ1n) is 7.08. The summed E-state index contributed by atoms with van der Waals surface area (Å²) in [5.74, 6) is 0.718. The van der Waals surface area contributed by atoms with Crippen molar-refractivity contribution in [3.63, 3.8) is 0 Å². The zero-order valence-corrected chi connectivity index (χ0v) is 13.1. The van der Waals surface area contributed by atoms with Crippen LogP contribution < -0.4 is 15.4 Å². The molecule has 5 heteroatoms. The summed E-state index contributed by atoms with van der Waals surface area (Å²) >= 11 is 0. The fourth-order valence-corrected chi connectivity index (χ4v) is 2.35. The van der Waals surface area contributed by atoms with E-state index < -0.39 is 0 Å². The van der Waals surface area contributed by atoms with Gasteiger partial charge in [-0.1, -0.05) is 12.7 Å². The van der Waals surface area contributed by atoms with Crippen LogP contribution in [0.25, 0.3) is 0 Å². The summed E-state index contributed by atoms with van der Waals surface area (Å²) in [5, 5.41) is 6.47. The van der Waals surface area contributed by atoms with Crippen LogP contribution in [0.5, 0.6) is 5.75 Å². The molecule has 0 aromatic heterocycles. The first kappa shape index (κ1) is 17.5. The molecule has 116 valence electrons. The standard InChI is InChI=1S/C16H22N2O2.ClH/c1-3-11-20-14-8-6-13(7-9-14)16(19)18-15-5-4-10-17-12(15)2;/h3,6-9,12,15,17H,1,4-5,10-11H2,2H3,(H,18,19);1H. The molecule has 4 nitrogen and oxygen atoms in total. The number of carbonyl (C=O) groups is 1. The average molecular weight is 311 g/mol. The number of ether oxygens (including phenoxy) is 1. The largest absolute Gasteiger partial charge is 0.490 e. The summed E-state index contributed by atoms with van der Waals surface area (Å²) in [7, 11) is 0. The van der Waals surface area contributed by atoms with Gasteiger partial charge in [-0.2, -0.15) is 0 Å². The predicted octanol–water partition coefficient (Wildman–Crippen LogP) is 2.54. The van der Waals surface area contributed by atoms with Crippen molar-refractivity contribution in [1.29, 1.82) is 0 Å². The molecule has 2 atom stereocenters. The minimum Gasteiger partial charge on any atom is -0.490 e. The number of hydrogen-bond acceptors (Lipinski definition) is 3. The molecule has 0 aliphatic carbocycles. The van der Waals surface area contributed by atoms with Crippen LogP contribution in [0.3, 0.4) is 0 Å². The topological polar surface area (TPSA) is 50.4 Å². The molecule has 21 heavy (non-hydrogen) atoms. The third-order valence-electron chi connectivity index (χ3n) is 3.56. The summed E-state index contributed by atoms with van der Waals surface area (Å²) in [6.45, 7) is 7.21. The van der Waals surface area contributed by atoms with Crippen molar-refractivity contribution in [2.45, 2.75) is 31.8 Å². The smallest absolute Gasteiger partial charge is 0.251 e. The van der Waals surface area contributed by atoms with Gasteiger partial charge < -0.3 is 15.4 Å². The molecule has 2 N–H and O–H groups in total. The Bertz CT molecular complexity index is 462. The number of hydrogen-bond donors (Lipinski definition) is 2. The summed E-state index contributed by atoms with van der Waals surface area (Å²) in [6, 6.07) is 7.71. The van der Waals surface area contributed by atoms with Gasteiger partial charge in [-0.25, -0.2) is 0 Å². The Hall–Kier alpha value is -1.52. The first-order valence-corrected chi connectivity index (χ1v) is 7.08. The van der Waals surface area contributed by atoms with Gasteiger partial charge in [0.2, 0.25) is 0 Å². The lowest BCUT2D eigenvalue weighted by molar-refractivity contribution is 0.0920. The van der Waals surface area contributed by atoms with Crippen LogP contribution in [0, 0.1) is 0 Å². The van der Waals surface area contributed by atoms with E-state index in [1.807, 2.05) is 0 Å². The number of halogens is 1. The Balaban J connectivity index is 0.00000220. The second-order valence-corrected chi connectivity index (χ2v) is 5.09. The second kappa shape index (κ2) is 8.70. The van der Waals surface area contributed by atoms with Crippen molar-refractivity contribution < 1.29 is 9.53 Å². The van der Waals surface area contributed by atoms with Gasteiger partial charge in [-0.3, -0.25) is 4.79 Å². The lowest BCUT2D eigenvalue weighted by atomic mass is 9.99. The van der Waals surface area contributed by atoms with E-state index >= 15 is 0 Å². The fourth-order valence-electron chi connectivity index (χ4n) is 2.35. The van der Waals surface area contributed by atoms with Crippen LogP contribution in [-0.4, -0.2) is 31.1 Å². The maximum Gasteiger partial charge on any atom is 0.251 e. The van der Waals surface area contributed by atoms with Gasteiger partial charge in [0.1, 0.15) is 12.4 Å². The van der Waals surface area contributed by atoms with Gasteiger partial charge in [0.05, 0.1) is 0 Å². The van der Waals surface area contributed by atoms with Gasteiger partial charge in [0, 0.05) is 17.6 Å². The molecule has 0 spiro atoms. The highest BCUT2D eigenvalue weighted by Gasteiger charge is 2.22. The highest BCUT2D eigenvalue weighted by molar-refractivity contribution is 5.94. The molecule has 1 aliphatic rings. The van der Waals surface area contributed by atoms with E-state index in [9.17, 15) is 4.79 Å². The third kappa shape index (κ3) is 5.06. The van der Waals surface area contributed by atoms with Crippen LogP contribution >= 0.6 is 12.4 Å². The van der Waals surface area contributed by atoms with Gasteiger partial charge in [-0.05, 0) is 50.6 Å². The van der Waals surface area contributed by atoms with Crippen molar-refractivity contribution >= 4 is 18.3 Å². The Morgan fingerprint density at radius 2 is 2.19 bits per heavy atom. The summed E-state index contributed by atoms with van der Waals surface area (Å²) in [6.07, 6.45) is 3.82. The molecule has 1 aromatic carbocycles. The van der Waals surface area contributed by atoms with E-state index in [1.54, 1.807) is 30.3 Å². The average Bonchev–Trinajstić information content (AvgIpc) is 2.48. The Morgan fingerprint density at radius 3 is 2.81 bits per heavy atom. The maximum absolute atomic E-state index is 12.2. The van der Waals surface area contributed by atoms with E-state index in [4.69, 9.17) is 4.74 Å². The highest BCUT2D eigenvalue weighted by atomic mass is 35.5. The van der Waals surface area contributed by atoms with Gasteiger partial charge >= 0.3 is 0 Å². The van der Waals surface area contributed by atoms with E-state index in [0.717, 1.165) is 25.1 Å². The van der Waals surface area contributed by atoms with Crippen molar-refractivity contribution in [3.8, 4) is 5.75 Å². The van der Waals surface area contributed by atoms with Crippen molar-refractivity contribution in [1.82, 2.24) is 10.6 Å². The van der Waals surface area contributed by atoms with Crippen LogP contribution in [0.15, 0.2) is 36.9 Å². The SMILES string of the molecule is C=CCOc1ccc(C(=O)NC2CCCNC2C)cc1.Cl. The molecule has 0 bridgehead atoms. The molecule has 2 rings (SSSR count). The van der Waals surface area contributed by atoms with Crippen molar-refractivity contribution in [2.75, 3.05) is 13.2 Å². The summed E-state index contributed by atoms with van der Waals surface area (Å²) in [4.78, 5) is 12.2. The van der Waals surface area contributed by atoms with Gasteiger partial charge in [-0.15, -0.1) is 12.4 Å². The molecular formula is C16H23ClN2O2. The van der Waals surface area contributed by atoms with E-state index in [2.05, 4.69) is 24.1 Å². The Kier molecular flexibility index (Phi) is 7.26.